The van der Waals surface area contributed by atoms with Gasteiger partial charge in [-0.25, -0.2) is 0 Å². The lowest BCUT2D eigenvalue weighted by Crippen LogP contribution is -2.47. The lowest BCUT2D eigenvalue weighted by Gasteiger charge is -2.50. The van der Waals surface area contributed by atoms with Gasteiger partial charge in [-0.2, -0.15) is 0 Å². The van der Waals surface area contributed by atoms with E-state index in [2.05, 4.69) is 39.5 Å². The van der Waals surface area contributed by atoms with Crippen molar-refractivity contribution < 1.29 is 5.11 Å². The fourth-order valence-electron chi connectivity index (χ4n) is 3.45. The van der Waals surface area contributed by atoms with Crippen molar-refractivity contribution in [3.8, 4) is 0 Å². The normalized spacial score (nSPS) is 45.3. The summed E-state index contributed by atoms with van der Waals surface area (Å²) >= 11 is 0. The zero-order chi connectivity index (χ0) is 10.5. The van der Waals surface area contributed by atoms with Crippen LogP contribution in [0.2, 0.25) is 0 Å². The number of hydrogen-bond acceptors (Lipinski definition) is 1. The van der Waals surface area contributed by atoms with E-state index in [1.54, 1.807) is 0 Å². The van der Waals surface area contributed by atoms with Crippen LogP contribution >= 0.6 is 0 Å². The highest BCUT2D eigenvalue weighted by Gasteiger charge is 2.47. The Kier molecular flexibility index (Phi) is 2.11. The van der Waals surface area contributed by atoms with Gasteiger partial charge in [0, 0.05) is 5.92 Å². The van der Waals surface area contributed by atoms with Crippen molar-refractivity contribution in [3.05, 3.63) is 24.3 Å². The average molecular weight is 192 g/mol. The summed E-state index contributed by atoms with van der Waals surface area (Å²) < 4.78 is 0. The summed E-state index contributed by atoms with van der Waals surface area (Å²) in [7, 11) is 0. The first-order chi connectivity index (χ1) is 6.43. The standard InChI is InChI=1S/C13H20O/c1-8-5-6-10-9(2)12(8)11(14)7-13(10,3)4/h5-6,9-12,14H,1,7H2,2-4H3/t9?,10-,11+,12+/m1/s1. The van der Waals surface area contributed by atoms with Gasteiger partial charge >= 0.3 is 0 Å². The first-order valence-electron chi connectivity index (χ1n) is 5.48. The summed E-state index contributed by atoms with van der Waals surface area (Å²) in [5.41, 5.74) is 1.34. The van der Waals surface area contributed by atoms with Gasteiger partial charge < -0.3 is 5.11 Å². The summed E-state index contributed by atoms with van der Waals surface area (Å²) in [5.74, 6) is 1.42. The molecule has 0 aromatic heterocycles. The maximum absolute atomic E-state index is 10.1. The molecule has 2 aliphatic rings. The van der Waals surface area contributed by atoms with Crippen LogP contribution < -0.4 is 0 Å². The van der Waals surface area contributed by atoms with Gasteiger partial charge in [0.15, 0.2) is 0 Å². The molecule has 0 spiro atoms. The summed E-state index contributed by atoms with van der Waals surface area (Å²) in [6.07, 6.45) is 5.10. The molecule has 1 nitrogen and oxygen atoms in total. The van der Waals surface area contributed by atoms with Crippen molar-refractivity contribution in [2.75, 3.05) is 0 Å². The molecule has 1 saturated carbocycles. The molecule has 1 unspecified atom stereocenters. The van der Waals surface area contributed by atoms with Crippen molar-refractivity contribution in [2.45, 2.75) is 33.3 Å². The summed E-state index contributed by atoms with van der Waals surface area (Å²) in [5, 5.41) is 10.1. The molecule has 2 bridgehead atoms. The molecule has 0 aromatic carbocycles. The highest BCUT2D eigenvalue weighted by atomic mass is 16.3. The van der Waals surface area contributed by atoms with Crippen molar-refractivity contribution in [3.63, 3.8) is 0 Å². The van der Waals surface area contributed by atoms with E-state index in [4.69, 9.17) is 0 Å². The maximum Gasteiger partial charge on any atom is 0.0616 e. The fourth-order valence-corrected chi connectivity index (χ4v) is 3.45. The Balaban J connectivity index is 2.41. The smallest absolute Gasteiger partial charge is 0.0616 e. The van der Waals surface area contributed by atoms with E-state index in [-0.39, 0.29) is 17.4 Å². The lowest BCUT2D eigenvalue weighted by atomic mass is 9.55. The van der Waals surface area contributed by atoms with Gasteiger partial charge in [0.05, 0.1) is 6.10 Å². The van der Waals surface area contributed by atoms with Crippen molar-refractivity contribution in [1.29, 1.82) is 0 Å². The Bertz CT molecular complexity index is 288. The molecule has 2 aliphatic carbocycles. The zero-order valence-electron chi connectivity index (χ0n) is 9.33. The van der Waals surface area contributed by atoms with Gasteiger partial charge in [-0.3, -0.25) is 0 Å². The molecule has 0 radical (unpaired) electrons. The summed E-state index contributed by atoms with van der Waals surface area (Å²) in [6, 6.07) is 0. The van der Waals surface area contributed by atoms with E-state index in [9.17, 15) is 5.11 Å². The van der Waals surface area contributed by atoms with Crippen molar-refractivity contribution in [1.82, 2.24) is 0 Å². The molecule has 0 saturated heterocycles. The molecular weight excluding hydrogens is 172 g/mol. The monoisotopic (exact) mass is 192 g/mol. The first-order valence-corrected chi connectivity index (χ1v) is 5.48. The number of fused-ring (bicyclic) bond motifs is 2. The van der Waals surface area contributed by atoms with Crippen LogP contribution in [-0.2, 0) is 0 Å². The van der Waals surface area contributed by atoms with Crippen molar-refractivity contribution >= 4 is 0 Å². The van der Waals surface area contributed by atoms with Crippen LogP contribution in [0.1, 0.15) is 27.2 Å². The predicted molar refractivity (Wildman–Crippen MR) is 58.8 cm³/mol. The third kappa shape index (κ3) is 1.26. The van der Waals surface area contributed by atoms with Crippen LogP contribution in [0, 0.1) is 23.2 Å². The first kappa shape index (κ1) is 9.97. The number of aliphatic hydroxyl groups is 1. The van der Waals surface area contributed by atoms with Gasteiger partial charge in [0.2, 0.25) is 0 Å². The Hall–Kier alpha value is -0.560. The molecule has 0 aliphatic heterocycles. The molecule has 0 amide bonds. The van der Waals surface area contributed by atoms with E-state index in [1.165, 1.54) is 0 Å². The van der Waals surface area contributed by atoms with E-state index < -0.39 is 0 Å². The van der Waals surface area contributed by atoms with Crippen molar-refractivity contribution in [2.24, 2.45) is 23.2 Å². The summed E-state index contributed by atoms with van der Waals surface area (Å²) in [6.45, 7) is 10.8. The predicted octanol–water partition coefficient (Wildman–Crippen LogP) is 2.77. The minimum atomic E-state index is -0.200. The molecule has 1 fully saturated rings. The van der Waals surface area contributed by atoms with Crippen LogP contribution in [-0.4, -0.2) is 11.2 Å². The SMILES string of the molecule is C=C1C=C[C@@H]2C(C)[C@H]1[C@@H](O)CC2(C)C. The molecule has 0 heterocycles. The quantitative estimate of drug-likeness (QED) is 0.625. The molecule has 0 aromatic rings. The Morgan fingerprint density at radius 3 is 2.79 bits per heavy atom. The lowest BCUT2D eigenvalue weighted by molar-refractivity contribution is -0.0330. The molecule has 78 valence electrons. The molecule has 4 atom stereocenters. The zero-order valence-corrected chi connectivity index (χ0v) is 9.33. The van der Waals surface area contributed by atoms with Gasteiger partial charge in [0.25, 0.3) is 0 Å². The molecular formula is C13H20O. The Labute approximate surface area is 86.5 Å². The highest BCUT2D eigenvalue weighted by molar-refractivity contribution is 5.28. The number of hydrogen-bond donors (Lipinski definition) is 1. The minimum absolute atomic E-state index is 0.200. The molecule has 1 N–H and O–H groups in total. The molecule has 2 rings (SSSR count). The van der Waals surface area contributed by atoms with Crippen LogP contribution in [0.3, 0.4) is 0 Å². The Morgan fingerprint density at radius 1 is 1.50 bits per heavy atom. The fraction of sp³-hybridized carbons (Fsp3) is 0.692. The third-order valence-electron chi connectivity index (χ3n) is 4.13. The number of rotatable bonds is 0. The third-order valence-corrected chi connectivity index (χ3v) is 4.13. The topological polar surface area (TPSA) is 20.2 Å². The van der Waals surface area contributed by atoms with Crippen LogP contribution in [0.15, 0.2) is 24.3 Å². The Morgan fingerprint density at radius 2 is 2.14 bits per heavy atom. The number of aliphatic hydroxyl groups excluding tert-OH is 1. The van der Waals surface area contributed by atoms with Gasteiger partial charge in [-0.05, 0) is 29.2 Å². The van der Waals surface area contributed by atoms with Gasteiger partial charge in [-0.15, -0.1) is 0 Å². The largest absolute Gasteiger partial charge is 0.392 e. The minimum Gasteiger partial charge on any atom is -0.392 e. The van der Waals surface area contributed by atoms with Crippen LogP contribution in [0.25, 0.3) is 0 Å². The molecule has 1 heteroatoms. The van der Waals surface area contributed by atoms with Crippen LogP contribution in [0.4, 0.5) is 0 Å². The highest BCUT2D eigenvalue weighted by Crippen LogP contribution is 2.51. The maximum atomic E-state index is 10.1. The summed E-state index contributed by atoms with van der Waals surface area (Å²) in [4.78, 5) is 0. The van der Waals surface area contributed by atoms with E-state index in [0.29, 0.717) is 11.8 Å². The average Bonchev–Trinajstić information content (AvgIpc) is 1.99. The van der Waals surface area contributed by atoms with Gasteiger partial charge in [-0.1, -0.05) is 39.5 Å². The van der Waals surface area contributed by atoms with E-state index in [0.717, 1.165) is 12.0 Å². The second-order valence-corrected chi connectivity index (χ2v) is 5.60. The second-order valence-electron chi connectivity index (χ2n) is 5.60. The van der Waals surface area contributed by atoms with Crippen LogP contribution in [0.5, 0.6) is 0 Å². The number of allylic oxidation sites excluding steroid dienone is 2. The molecule has 14 heavy (non-hydrogen) atoms. The van der Waals surface area contributed by atoms with E-state index in [1.807, 2.05) is 0 Å². The van der Waals surface area contributed by atoms with E-state index >= 15 is 0 Å². The second kappa shape index (κ2) is 2.96. The van der Waals surface area contributed by atoms with Gasteiger partial charge in [0.1, 0.15) is 0 Å².